The Morgan fingerprint density at radius 3 is 2.76 bits per heavy atom. The molecule has 0 N–H and O–H groups in total. The third-order valence-electron chi connectivity index (χ3n) is 3.62. The first-order valence-corrected chi connectivity index (χ1v) is 7.28. The number of carbonyl (C=O) groups is 1. The molecule has 4 heteroatoms. The van der Waals surface area contributed by atoms with Crippen molar-refractivity contribution in [3.8, 4) is 0 Å². The molecule has 0 aliphatic rings. The van der Waals surface area contributed by atoms with Crippen LogP contribution >= 0.6 is 0 Å². The zero-order chi connectivity index (χ0) is 14.8. The van der Waals surface area contributed by atoms with Crippen molar-refractivity contribution in [2.24, 2.45) is 0 Å². The Labute approximate surface area is 123 Å². The van der Waals surface area contributed by atoms with Gasteiger partial charge in [-0.2, -0.15) is 5.10 Å². The van der Waals surface area contributed by atoms with E-state index in [0.717, 1.165) is 35.3 Å². The van der Waals surface area contributed by atoms with E-state index in [1.165, 1.54) is 0 Å². The van der Waals surface area contributed by atoms with Crippen LogP contribution < -0.4 is 0 Å². The van der Waals surface area contributed by atoms with E-state index in [4.69, 9.17) is 4.42 Å². The van der Waals surface area contributed by atoms with Gasteiger partial charge in [-0.1, -0.05) is 25.1 Å². The van der Waals surface area contributed by atoms with Crippen molar-refractivity contribution in [1.82, 2.24) is 9.78 Å². The van der Waals surface area contributed by atoms with E-state index >= 15 is 0 Å². The lowest BCUT2D eigenvalue weighted by Gasteiger charge is -2.02. The highest BCUT2D eigenvalue weighted by Gasteiger charge is 2.16. The van der Waals surface area contributed by atoms with E-state index in [1.54, 1.807) is 0 Å². The molecule has 0 unspecified atom stereocenters. The zero-order valence-electron chi connectivity index (χ0n) is 12.3. The minimum atomic E-state index is -0.0107. The van der Waals surface area contributed by atoms with Gasteiger partial charge in [0.1, 0.15) is 5.58 Å². The van der Waals surface area contributed by atoms with E-state index < -0.39 is 0 Å². The average molecular weight is 282 g/mol. The van der Waals surface area contributed by atoms with Crippen LogP contribution in [0.3, 0.4) is 0 Å². The van der Waals surface area contributed by atoms with Gasteiger partial charge in [0.25, 0.3) is 0 Å². The molecule has 0 saturated heterocycles. The maximum absolute atomic E-state index is 12.4. The molecule has 3 rings (SSSR count). The van der Waals surface area contributed by atoms with Crippen molar-refractivity contribution < 1.29 is 9.21 Å². The number of rotatable bonds is 5. The fourth-order valence-corrected chi connectivity index (χ4v) is 2.47. The predicted molar refractivity (Wildman–Crippen MR) is 81.5 cm³/mol. The van der Waals surface area contributed by atoms with Crippen molar-refractivity contribution >= 4 is 16.8 Å². The quantitative estimate of drug-likeness (QED) is 0.671. The summed E-state index contributed by atoms with van der Waals surface area (Å²) < 4.78 is 7.52. The number of carbonyl (C=O) groups excluding carboxylic acids is 1. The van der Waals surface area contributed by atoms with Crippen molar-refractivity contribution in [1.29, 1.82) is 0 Å². The van der Waals surface area contributed by atoms with Gasteiger partial charge in [-0.3, -0.25) is 9.48 Å². The number of aromatic nitrogens is 2. The predicted octanol–water partition coefficient (Wildman–Crippen LogP) is 3.64. The SMILES string of the molecule is CCc1cc(CC(=O)c2cc3ccccc3o2)n(CC)n1. The van der Waals surface area contributed by atoms with Gasteiger partial charge in [-0.25, -0.2) is 0 Å². The molecule has 21 heavy (non-hydrogen) atoms. The first-order chi connectivity index (χ1) is 10.2. The largest absolute Gasteiger partial charge is 0.453 e. The number of benzene rings is 1. The van der Waals surface area contributed by atoms with Gasteiger partial charge >= 0.3 is 0 Å². The Morgan fingerprint density at radius 1 is 1.24 bits per heavy atom. The Hall–Kier alpha value is -2.36. The highest BCUT2D eigenvalue weighted by molar-refractivity contribution is 5.98. The van der Waals surface area contributed by atoms with Gasteiger partial charge in [0.15, 0.2) is 5.76 Å². The van der Waals surface area contributed by atoms with E-state index in [9.17, 15) is 4.79 Å². The van der Waals surface area contributed by atoms with Crippen LogP contribution in [0.15, 0.2) is 40.8 Å². The summed E-state index contributed by atoms with van der Waals surface area (Å²) in [6, 6.07) is 11.5. The maximum Gasteiger partial charge on any atom is 0.203 e. The molecule has 3 aromatic rings. The number of aryl methyl sites for hydroxylation is 2. The molecule has 0 fully saturated rings. The number of Topliss-reactive ketones (excluding diaryl/α,β-unsaturated/α-hetero) is 1. The number of ketones is 1. The van der Waals surface area contributed by atoms with Gasteiger partial charge in [-0.05, 0) is 31.5 Å². The van der Waals surface area contributed by atoms with Crippen molar-refractivity contribution in [2.75, 3.05) is 0 Å². The highest BCUT2D eigenvalue weighted by atomic mass is 16.3. The molecule has 4 nitrogen and oxygen atoms in total. The molecule has 0 atom stereocenters. The molecular weight excluding hydrogens is 264 g/mol. The molecule has 0 radical (unpaired) electrons. The fourth-order valence-electron chi connectivity index (χ4n) is 2.47. The van der Waals surface area contributed by atoms with Crippen molar-refractivity contribution in [3.63, 3.8) is 0 Å². The van der Waals surface area contributed by atoms with E-state index in [0.29, 0.717) is 12.2 Å². The molecule has 0 aliphatic heterocycles. The van der Waals surface area contributed by atoms with Crippen molar-refractivity contribution in [3.05, 3.63) is 53.5 Å². The van der Waals surface area contributed by atoms with E-state index in [1.807, 2.05) is 48.0 Å². The number of hydrogen-bond acceptors (Lipinski definition) is 3. The smallest absolute Gasteiger partial charge is 0.203 e. The summed E-state index contributed by atoms with van der Waals surface area (Å²) in [7, 11) is 0. The minimum absolute atomic E-state index is 0.0107. The standard InChI is InChI=1S/C17H18N2O2/c1-3-13-10-14(19(4-2)18-13)11-15(20)17-9-12-7-5-6-8-16(12)21-17/h5-10H,3-4,11H2,1-2H3. The number of nitrogens with zero attached hydrogens (tertiary/aromatic N) is 2. The summed E-state index contributed by atoms with van der Waals surface area (Å²) in [5, 5.41) is 5.43. The average Bonchev–Trinajstić information content (AvgIpc) is 3.10. The monoisotopic (exact) mass is 282 g/mol. The molecule has 0 bridgehead atoms. The van der Waals surface area contributed by atoms with Gasteiger partial charge in [0, 0.05) is 17.6 Å². The number of furan rings is 1. The van der Waals surface area contributed by atoms with Crippen LogP contribution in [-0.2, 0) is 19.4 Å². The summed E-state index contributed by atoms with van der Waals surface area (Å²) >= 11 is 0. The van der Waals surface area contributed by atoms with Gasteiger partial charge < -0.3 is 4.42 Å². The minimum Gasteiger partial charge on any atom is -0.453 e. The van der Waals surface area contributed by atoms with Gasteiger partial charge in [-0.15, -0.1) is 0 Å². The molecule has 2 aromatic heterocycles. The molecule has 0 aliphatic carbocycles. The molecule has 1 aromatic carbocycles. The Balaban J connectivity index is 1.87. The third-order valence-corrected chi connectivity index (χ3v) is 3.62. The second kappa shape index (κ2) is 5.56. The zero-order valence-corrected chi connectivity index (χ0v) is 12.3. The van der Waals surface area contributed by atoms with Gasteiger partial charge in [0.05, 0.1) is 12.1 Å². The topological polar surface area (TPSA) is 48.0 Å². The van der Waals surface area contributed by atoms with Crippen LogP contribution in [0.5, 0.6) is 0 Å². The van der Waals surface area contributed by atoms with E-state index in [2.05, 4.69) is 12.0 Å². The summed E-state index contributed by atoms with van der Waals surface area (Å²) in [5.74, 6) is 0.404. The van der Waals surface area contributed by atoms with Crippen LogP contribution in [0, 0.1) is 0 Å². The van der Waals surface area contributed by atoms with Crippen LogP contribution in [0.25, 0.3) is 11.0 Å². The molecule has 108 valence electrons. The Bertz CT molecular complexity index is 750. The van der Waals surface area contributed by atoms with Crippen LogP contribution in [0.1, 0.15) is 35.8 Å². The summed E-state index contributed by atoms with van der Waals surface area (Å²) in [5.41, 5.74) is 2.71. The highest BCUT2D eigenvalue weighted by Crippen LogP contribution is 2.20. The second-order valence-electron chi connectivity index (χ2n) is 5.04. The fraction of sp³-hybridized carbons (Fsp3) is 0.294. The number of hydrogen-bond donors (Lipinski definition) is 0. The number of fused-ring (bicyclic) bond motifs is 1. The molecular formula is C17H18N2O2. The number of para-hydroxylation sites is 1. The first-order valence-electron chi connectivity index (χ1n) is 7.28. The summed E-state index contributed by atoms with van der Waals surface area (Å²) in [6.07, 6.45) is 1.19. The normalized spacial score (nSPS) is 11.1. The lowest BCUT2D eigenvalue weighted by Crippen LogP contribution is -2.09. The second-order valence-corrected chi connectivity index (χ2v) is 5.04. The van der Waals surface area contributed by atoms with Gasteiger partial charge in [0.2, 0.25) is 5.78 Å². The lowest BCUT2D eigenvalue weighted by molar-refractivity contribution is 0.0966. The van der Waals surface area contributed by atoms with E-state index in [-0.39, 0.29) is 5.78 Å². The first kappa shape index (κ1) is 13.6. The molecule has 2 heterocycles. The summed E-state index contributed by atoms with van der Waals surface area (Å²) in [4.78, 5) is 12.4. The molecule has 0 spiro atoms. The van der Waals surface area contributed by atoms with Crippen LogP contribution in [-0.4, -0.2) is 15.6 Å². The molecule has 0 saturated carbocycles. The van der Waals surface area contributed by atoms with Crippen LogP contribution in [0.2, 0.25) is 0 Å². The lowest BCUT2D eigenvalue weighted by atomic mass is 10.1. The third kappa shape index (κ3) is 2.61. The van der Waals surface area contributed by atoms with Crippen LogP contribution in [0.4, 0.5) is 0 Å². The Kier molecular flexibility index (Phi) is 3.60. The maximum atomic E-state index is 12.4. The van der Waals surface area contributed by atoms with Crippen molar-refractivity contribution in [2.45, 2.75) is 33.2 Å². The summed E-state index contributed by atoms with van der Waals surface area (Å²) in [6.45, 7) is 4.86. The molecule has 0 amide bonds. The Morgan fingerprint density at radius 2 is 2.05 bits per heavy atom.